The molecule has 0 spiro atoms. The normalized spacial score (nSPS) is 15.5. The predicted molar refractivity (Wildman–Crippen MR) is 125 cm³/mol. The van der Waals surface area contributed by atoms with Gasteiger partial charge in [-0.2, -0.15) is 0 Å². The molecular weight excluding hydrogens is 372 g/mol. The molecule has 2 aromatic carbocycles. The van der Waals surface area contributed by atoms with E-state index in [4.69, 9.17) is 9.62 Å². The Bertz CT molecular complexity index is 764. The third kappa shape index (κ3) is 6.85. The summed E-state index contributed by atoms with van der Waals surface area (Å²) in [7, 11) is 0. The number of hydrogen-bond donors (Lipinski definition) is 1. The third-order valence-corrected chi connectivity index (χ3v) is 5.61. The van der Waals surface area contributed by atoms with Crippen molar-refractivity contribution >= 4 is 0 Å². The van der Waals surface area contributed by atoms with Gasteiger partial charge in [0.15, 0.2) is 0 Å². The van der Waals surface area contributed by atoms with Gasteiger partial charge in [-0.05, 0) is 79.7 Å². The second-order valence-corrected chi connectivity index (χ2v) is 10.5. The first-order chi connectivity index (χ1) is 13.9. The Morgan fingerprint density at radius 3 is 1.73 bits per heavy atom. The van der Waals surface area contributed by atoms with E-state index in [1.54, 1.807) is 0 Å². The molecule has 2 aromatic rings. The van der Waals surface area contributed by atoms with Crippen LogP contribution in [0.4, 0.5) is 0 Å². The molecule has 0 fully saturated rings. The molecule has 0 heterocycles. The fraction of sp³-hybridized carbons (Fsp3) is 0.556. The van der Waals surface area contributed by atoms with Crippen molar-refractivity contribution in [1.82, 2.24) is 0 Å². The van der Waals surface area contributed by atoms with E-state index in [0.717, 1.165) is 24.2 Å². The van der Waals surface area contributed by atoms with Crippen LogP contribution < -0.4 is 4.74 Å². The summed E-state index contributed by atoms with van der Waals surface area (Å²) >= 11 is 0. The Balaban J connectivity index is 2.08. The zero-order valence-corrected chi connectivity index (χ0v) is 20.0. The first-order valence-electron chi connectivity index (χ1n) is 11.1. The van der Waals surface area contributed by atoms with Gasteiger partial charge in [0.2, 0.25) is 0 Å². The van der Waals surface area contributed by atoms with Crippen LogP contribution in [-0.4, -0.2) is 10.9 Å². The lowest BCUT2D eigenvalue weighted by Crippen LogP contribution is -2.22. The van der Waals surface area contributed by atoms with Crippen molar-refractivity contribution in [1.29, 1.82) is 0 Å². The number of rotatable bonds is 8. The van der Waals surface area contributed by atoms with Gasteiger partial charge in [-0.3, -0.25) is 5.26 Å². The lowest BCUT2D eigenvalue weighted by Gasteiger charge is -2.28. The van der Waals surface area contributed by atoms with Gasteiger partial charge in [0, 0.05) is 0 Å². The molecule has 0 saturated heterocycles. The van der Waals surface area contributed by atoms with E-state index in [2.05, 4.69) is 104 Å². The maximum absolute atomic E-state index is 9.34. The molecule has 0 aliphatic rings. The summed E-state index contributed by atoms with van der Waals surface area (Å²) in [6, 6.07) is 17.1. The van der Waals surface area contributed by atoms with E-state index in [1.807, 2.05) is 0 Å². The molecule has 0 saturated carbocycles. The topological polar surface area (TPSA) is 38.7 Å². The van der Waals surface area contributed by atoms with Crippen molar-refractivity contribution in [2.45, 2.75) is 91.8 Å². The first kappa shape index (κ1) is 24.4. The molecule has 0 amide bonds. The van der Waals surface area contributed by atoms with Crippen LogP contribution >= 0.6 is 0 Å². The van der Waals surface area contributed by atoms with Gasteiger partial charge in [0.05, 0.1) is 0 Å². The molecule has 3 atom stereocenters. The maximum atomic E-state index is 9.34. The standard InChI is InChI=1S/C27H40O3/c1-9-20(22-14-16-24(17-15-22)29-27(6,7)8)18-19(2)21-10-12-23(13-11-21)25(30-28)26(3,4)5/h10-17,19-20,25,28H,9,18H2,1-8H3. The van der Waals surface area contributed by atoms with Crippen molar-refractivity contribution in [2.75, 3.05) is 0 Å². The monoisotopic (exact) mass is 412 g/mol. The lowest BCUT2D eigenvalue weighted by molar-refractivity contribution is -0.303. The van der Waals surface area contributed by atoms with Crippen molar-refractivity contribution in [2.24, 2.45) is 5.41 Å². The molecule has 3 heteroatoms. The van der Waals surface area contributed by atoms with E-state index in [9.17, 15) is 5.26 Å². The van der Waals surface area contributed by atoms with Crippen molar-refractivity contribution in [3.63, 3.8) is 0 Å². The summed E-state index contributed by atoms with van der Waals surface area (Å²) in [6.45, 7) is 16.9. The molecule has 1 N–H and O–H groups in total. The summed E-state index contributed by atoms with van der Waals surface area (Å²) in [5.41, 5.74) is 3.33. The highest BCUT2D eigenvalue weighted by Gasteiger charge is 2.27. The molecule has 3 unspecified atom stereocenters. The van der Waals surface area contributed by atoms with Crippen LogP contribution in [0, 0.1) is 5.41 Å². The summed E-state index contributed by atoms with van der Waals surface area (Å²) < 4.78 is 5.96. The highest BCUT2D eigenvalue weighted by Crippen LogP contribution is 2.37. The molecular formula is C27H40O3. The van der Waals surface area contributed by atoms with Gasteiger partial charge in [0.25, 0.3) is 0 Å². The smallest absolute Gasteiger partial charge is 0.122 e. The Hall–Kier alpha value is -1.84. The Labute approximate surface area is 183 Å². The molecule has 30 heavy (non-hydrogen) atoms. The fourth-order valence-corrected chi connectivity index (χ4v) is 3.98. The molecule has 0 radical (unpaired) electrons. The molecule has 0 bridgehead atoms. The number of ether oxygens (including phenoxy) is 1. The van der Waals surface area contributed by atoms with Crippen LogP contribution in [0.1, 0.15) is 103 Å². The minimum Gasteiger partial charge on any atom is -0.488 e. The average molecular weight is 413 g/mol. The van der Waals surface area contributed by atoms with Gasteiger partial charge < -0.3 is 4.74 Å². The Morgan fingerprint density at radius 2 is 1.30 bits per heavy atom. The van der Waals surface area contributed by atoms with Crippen LogP contribution in [-0.2, 0) is 4.89 Å². The van der Waals surface area contributed by atoms with Gasteiger partial charge in [0.1, 0.15) is 17.5 Å². The third-order valence-electron chi connectivity index (χ3n) is 5.61. The molecule has 0 aromatic heterocycles. The van der Waals surface area contributed by atoms with Crippen LogP contribution in [0.3, 0.4) is 0 Å². The van der Waals surface area contributed by atoms with Gasteiger partial charge in [-0.25, -0.2) is 4.89 Å². The van der Waals surface area contributed by atoms with Gasteiger partial charge in [-0.1, -0.05) is 71.0 Å². The quantitative estimate of drug-likeness (QED) is 0.351. The van der Waals surface area contributed by atoms with Gasteiger partial charge >= 0.3 is 0 Å². The molecule has 166 valence electrons. The van der Waals surface area contributed by atoms with E-state index >= 15 is 0 Å². The minimum atomic E-state index is -0.334. The largest absolute Gasteiger partial charge is 0.488 e. The summed E-state index contributed by atoms with van der Waals surface area (Å²) in [6.07, 6.45) is 1.86. The molecule has 0 aliphatic carbocycles. The lowest BCUT2D eigenvalue weighted by atomic mass is 9.82. The number of benzene rings is 2. The van der Waals surface area contributed by atoms with E-state index in [0.29, 0.717) is 11.8 Å². The predicted octanol–water partition coefficient (Wildman–Crippen LogP) is 8.13. The SMILES string of the molecule is CCC(CC(C)c1ccc(C(OO)C(C)(C)C)cc1)c1ccc(OC(C)(C)C)cc1. The van der Waals surface area contributed by atoms with Crippen LogP contribution in [0.25, 0.3) is 0 Å². The molecule has 3 nitrogen and oxygen atoms in total. The van der Waals surface area contributed by atoms with Crippen molar-refractivity contribution in [3.8, 4) is 5.75 Å². The first-order valence-corrected chi connectivity index (χ1v) is 11.1. The highest BCUT2D eigenvalue weighted by molar-refractivity contribution is 5.31. The van der Waals surface area contributed by atoms with Crippen molar-refractivity contribution < 1.29 is 14.9 Å². The van der Waals surface area contributed by atoms with Crippen LogP contribution in [0.2, 0.25) is 0 Å². The van der Waals surface area contributed by atoms with E-state index < -0.39 is 0 Å². The van der Waals surface area contributed by atoms with Crippen LogP contribution in [0.15, 0.2) is 48.5 Å². The zero-order chi connectivity index (χ0) is 22.5. The molecule has 0 aliphatic heterocycles. The van der Waals surface area contributed by atoms with E-state index in [-0.39, 0.29) is 17.1 Å². The summed E-state index contributed by atoms with van der Waals surface area (Å²) in [5, 5.41) is 9.34. The number of hydrogen-bond acceptors (Lipinski definition) is 3. The fourth-order valence-electron chi connectivity index (χ4n) is 3.98. The summed E-state index contributed by atoms with van der Waals surface area (Å²) in [5.74, 6) is 1.87. The Morgan fingerprint density at radius 1 is 0.800 bits per heavy atom. The second-order valence-electron chi connectivity index (χ2n) is 10.5. The average Bonchev–Trinajstić information content (AvgIpc) is 2.65. The van der Waals surface area contributed by atoms with E-state index in [1.165, 1.54) is 11.1 Å². The second kappa shape index (κ2) is 9.98. The van der Waals surface area contributed by atoms with Crippen LogP contribution in [0.5, 0.6) is 5.75 Å². The summed E-state index contributed by atoms with van der Waals surface area (Å²) in [4.78, 5) is 4.77. The zero-order valence-electron chi connectivity index (χ0n) is 20.0. The molecule has 2 rings (SSSR count). The van der Waals surface area contributed by atoms with Gasteiger partial charge in [-0.15, -0.1) is 0 Å². The van der Waals surface area contributed by atoms with Crippen molar-refractivity contribution in [3.05, 3.63) is 65.2 Å². The Kier molecular flexibility index (Phi) is 8.13. The minimum absolute atomic E-state index is 0.169. The highest BCUT2D eigenvalue weighted by atomic mass is 17.1. The maximum Gasteiger partial charge on any atom is 0.122 e.